The van der Waals surface area contributed by atoms with E-state index in [9.17, 15) is 0 Å². The minimum absolute atomic E-state index is 0. The molecule has 0 N–H and O–H groups in total. The first-order valence-electron chi connectivity index (χ1n) is 20.9. The molecule has 6 aliphatic carbocycles. The van der Waals surface area contributed by atoms with Crippen molar-refractivity contribution < 1.29 is 44.3 Å². The Hall–Kier alpha value is 1.15. The third-order valence-electron chi connectivity index (χ3n) is 13.8. The van der Waals surface area contributed by atoms with E-state index >= 15 is 0 Å². The second-order valence-electron chi connectivity index (χ2n) is 16.6. The van der Waals surface area contributed by atoms with Crippen molar-refractivity contribution in [1.29, 1.82) is 0 Å². The van der Waals surface area contributed by atoms with E-state index in [0.717, 1.165) is 17.0 Å². The maximum Gasteiger partial charge on any atom is 2.00 e. The summed E-state index contributed by atoms with van der Waals surface area (Å²) in [5.41, 5.74) is 8.30. The molecular weight excluding hydrogens is 750 g/mol. The number of hydrogen-bond acceptors (Lipinski definition) is 0. The summed E-state index contributed by atoms with van der Waals surface area (Å²) in [5.74, 6) is 2.95. The standard InChI is InChI=1S/C25H39P.C18H33P.2ClH.Ru/c1-5-13-22(14-6-1)21-26(23-15-7-2-8-16-23,24-17-9-3-10-18-24)25-19-11-4-12-20-25;1-4-10-16(11-5-1)19(17-12-6-2-7-13-17)18-14-8-3-9-15-18;;;/h1,5-6,13-14,21,23-25H,2-4,7-12,15-20H2;16-18H,1-15H2;2*1H;/q;;;;+2/p-2. The third kappa shape index (κ3) is 11.8. The second-order valence-corrected chi connectivity index (χ2v) is 24.0. The first-order chi connectivity index (χ1) is 22.3. The fraction of sp³-hybridized carbons (Fsp3) is 0.837. The van der Waals surface area contributed by atoms with Crippen LogP contribution in [0.4, 0.5) is 0 Å². The molecule has 6 fully saturated rings. The van der Waals surface area contributed by atoms with Crippen molar-refractivity contribution in [2.24, 2.45) is 0 Å². The summed E-state index contributed by atoms with van der Waals surface area (Å²) in [6, 6.07) is 11.5. The van der Waals surface area contributed by atoms with Crippen LogP contribution in [0.15, 0.2) is 30.3 Å². The van der Waals surface area contributed by atoms with Gasteiger partial charge in [0.25, 0.3) is 0 Å². The van der Waals surface area contributed by atoms with Crippen LogP contribution >= 0.6 is 14.8 Å². The van der Waals surface area contributed by atoms with Crippen molar-refractivity contribution in [2.45, 2.75) is 227 Å². The first-order valence-corrected chi connectivity index (χ1v) is 24.5. The van der Waals surface area contributed by atoms with Crippen LogP contribution in [0.1, 0.15) is 198 Å². The number of benzene rings is 1. The molecule has 0 unspecified atom stereocenters. The normalized spacial score (nSPS) is 24.7. The van der Waals surface area contributed by atoms with Crippen molar-refractivity contribution in [2.75, 3.05) is 0 Å². The van der Waals surface area contributed by atoms with Gasteiger partial charge in [0.05, 0.1) is 0 Å². The van der Waals surface area contributed by atoms with Crippen LogP contribution in [0.25, 0.3) is 0 Å². The molecule has 0 bridgehead atoms. The van der Waals surface area contributed by atoms with Gasteiger partial charge in [-0.2, -0.15) is 0 Å². The van der Waals surface area contributed by atoms with E-state index in [1.165, 1.54) is 94.0 Å². The quantitative estimate of drug-likeness (QED) is 0.192. The van der Waals surface area contributed by atoms with Gasteiger partial charge in [0, 0.05) is 0 Å². The largest absolute Gasteiger partial charge is 2.00 e. The number of rotatable bonds is 7. The van der Waals surface area contributed by atoms with Crippen LogP contribution < -0.4 is 24.8 Å². The van der Waals surface area contributed by atoms with Crippen LogP contribution in [0, 0.1) is 0 Å². The monoisotopic (exact) mass is 822 g/mol. The minimum atomic E-state index is -1.07. The molecule has 0 saturated heterocycles. The van der Waals surface area contributed by atoms with Gasteiger partial charge in [-0.1, -0.05) is 167 Å². The van der Waals surface area contributed by atoms with Crippen molar-refractivity contribution in [3.05, 3.63) is 35.9 Å². The van der Waals surface area contributed by atoms with E-state index in [1.807, 2.05) is 0 Å². The Morgan fingerprint density at radius 3 is 0.958 bits per heavy atom. The molecule has 0 amide bonds. The predicted octanol–water partition coefficient (Wildman–Crippen LogP) is 8.32. The molecule has 1 aromatic carbocycles. The van der Waals surface area contributed by atoms with E-state index in [1.54, 1.807) is 121 Å². The Morgan fingerprint density at radius 2 is 0.667 bits per heavy atom. The maximum absolute atomic E-state index is 2.95. The molecule has 0 heterocycles. The van der Waals surface area contributed by atoms with Crippen LogP contribution in [0.2, 0.25) is 0 Å². The van der Waals surface area contributed by atoms with E-state index in [4.69, 9.17) is 0 Å². The minimum Gasteiger partial charge on any atom is -1.00 e. The molecule has 7 rings (SSSR count). The molecule has 1 aromatic rings. The summed E-state index contributed by atoms with van der Waals surface area (Å²) in [7, 11) is 0.385. The average Bonchev–Trinajstić information content (AvgIpc) is 3.14. The molecule has 0 aliphatic heterocycles. The van der Waals surface area contributed by atoms with Crippen LogP contribution in [-0.2, 0) is 19.5 Å². The third-order valence-corrected chi connectivity index (χ3v) is 24.0. The van der Waals surface area contributed by atoms with Gasteiger partial charge in [0.15, 0.2) is 0 Å². The molecular formula is C43H72Cl2P2Ru. The van der Waals surface area contributed by atoms with Gasteiger partial charge < -0.3 is 24.8 Å². The van der Waals surface area contributed by atoms with Gasteiger partial charge in [-0.05, 0) is 117 Å². The summed E-state index contributed by atoms with van der Waals surface area (Å²) in [6.07, 6.45) is 46.4. The van der Waals surface area contributed by atoms with Gasteiger partial charge >= 0.3 is 19.5 Å². The Morgan fingerprint density at radius 1 is 0.396 bits per heavy atom. The van der Waals surface area contributed by atoms with Gasteiger partial charge in [0.2, 0.25) is 0 Å². The Labute approximate surface area is 325 Å². The summed E-state index contributed by atoms with van der Waals surface area (Å²) < 4.78 is 0. The average molecular weight is 823 g/mol. The van der Waals surface area contributed by atoms with E-state index in [-0.39, 0.29) is 44.3 Å². The zero-order chi connectivity index (χ0) is 30.6. The van der Waals surface area contributed by atoms with Gasteiger partial charge in [0.1, 0.15) is 0 Å². The Bertz CT molecular complexity index is 902. The molecule has 276 valence electrons. The van der Waals surface area contributed by atoms with E-state index in [2.05, 4.69) is 36.1 Å². The van der Waals surface area contributed by atoms with Crippen LogP contribution in [-0.4, -0.2) is 39.8 Å². The Balaban J connectivity index is 0.000000255. The molecule has 6 aliphatic rings. The number of halogens is 2. The topological polar surface area (TPSA) is 0 Å². The summed E-state index contributed by atoms with van der Waals surface area (Å²) in [6.45, 7) is -1.07. The molecule has 5 heteroatoms. The van der Waals surface area contributed by atoms with Crippen molar-refractivity contribution in [3.63, 3.8) is 0 Å². The molecule has 48 heavy (non-hydrogen) atoms. The molecule has 0 spiro atoms. The summed E-state index contributed by atoms with van der Waals surface area (Å²) >= 11 is 0. The van der Waals surface area contributed by atoms with Crippen molar-refractivity contribution in [3.8, 4) is 0 Å². The van der Waals surface area contributed by atoms with Gasteiger partial charge in [-0.25, -0.2) is 0 Å². The van der Waals surface area contributed by atoms with Gasteiger partial charge in [-0.3, -0.25) is 0 Å². The predicted molar refractivity (Wildman–Crippen MR) is 207 cm³/mol. The first kappa shape index (κ1) is 43.6. The van der Waals surface area contributed by atoms with E-state index in [0.29, 0.717) is 7.92 Å². The molecule has 0 aromatic heterocycles. The molecule has 6 saturated carbocycles. The van der Waals surface area contributed by atoms with Crippen molar-refractivity contribution in [1.82, 2.24) is 0 Å². The summed E-state index contributed by atoms with van der Waals surface area (Å²) in [4.78, 5) is 0. The SMILES string of the molecule is C(c1ccccc1)=P(C1CCCCC1)(C1CCCCC1)C1CCCCC1.C1CCC(P(C2CCCCC2)C2CCCCC2)CC1.[Cl-].[Cl-].[Ru+2]. The Kier molecular flexibility index (Phi) is 21.5. The molecule has 0 atom stereocenters. The van der Waals surface area contributed by atoms with E-state index < -0.39 is 6.89 Å². The van der Waals surface area contributed by atoms with Gasteiger partial charge in [-0.15, -0.1) is 0 Å². The number of hydrogen-bond donors (Lipinski definition) is 0. The van der Waals surface area contributed by atoms with Crippen molar-refractivity contribution >= 4 is 20.6 Å². The zero-order valence-corrected chi connectivity index (χ0v) is 35.7. The zero-order valence-electron chi connectivity index (χ0n) is 30.6. The fourth-order valence-corrected chi connectivity index (χ4v) is 23.2. The maximum atomic E-state index is 2.95. The fourth-order valence-electron chi connectivity index (χ4n) is 11.6. The smallest absolute Gasteiger partial charge is 1.00 e. The van der Waals surface area contributed by atoms with Crippen LogP contribution in [0.5, 0.6) is 0 Å². The second kappa shape index (κ2) is 23.7. The molecule has 0 radical (unpaired) electrons. The van der Waals surface area contributed by atoms with Crippen LogP contribution in [0.3, 0.4) is 0 Å². The molecule has 0 nitrogen and oxygen atoms in total. The summed E-state index contributed by atoms with van der Waals surface area (Å²) in [5, 5.41) is 0.